The van der Waals surface area contributed by atoms with Crippen LogP contribution >= 0.6 is 11.6 Å². The Bertz CT molecular complexity index is 889. The molecule has 0 fully saturated rings. The van der Waals surface area contributed by atoms with Crippen LogP contribution in [0.1, 0.15) is 11.1 Å². The zero-order valence-electron chi connectivity index (χ0n) is 13.2. The van der Waals surface area contributed by atoms with E-state index in [9.17, 15) is 9.90 Å². The third-order valence-corrected chi connectivity index (χ3v) is 4.23. The average molecular weight is 341 g/mol. The molecule has 0 spiro atoms. The molecule has 0 saturated carbocycles. The second kappa shape index (κ2) is 6.93. The van der Waals surface area contributed by atoms with Gasteiger partial charge in [0.1, 0.15) is 5.75 Å². The smallest absolute Gasteiger partial charge is 0.345 e. The van der Waals surface area contributed by atoms with Crippen molar-refractivity contribution in [2.75, 3.05) is 0 Å². The highest BCUT2D eigenvalue weighted by Gasteiger charge is 2.21. The monoisotopic (exact) mass is 340 g/mol. The first-order chi connectivity index (χ1) is 11.5. The molecule has 0 aliphatic heterocycles. The molecule has 0 aromatic heterocycles. The predicted molar refractivity (Wildman–Crippen MR) is 95.9 cm³/mol. The van der Waals surface area contributed by atoms with Gasteiger partial charge in [0.05, 0.1) is 0 Å². The first-order valence-electron chi connectivity index (χ1n) is 7.66. The summed E-state index contributed by atoms with van der Waals surface area (Å²) in [5.41, 5.74) is 1.86. The first-order valence-corrected chi connectivity index (χ1v) is 8.04. The van der Waals surface area contributed by atoms with Gasteiger partial charge in [0.15, 0.2) is 6.10 Å². The van der Waals surface area contributed by atoms with Gasteiger partial charge in [-0.15, -0.1) is 0 Å². The summed E-state index contributed by atoms with van der Waals surface area (Å²) in [7, 11) is 0. The number of aryl methyl sites for hydroxylation is 1. The standard InChI is InChI=1S/C20H17ClO3/c1-13-6-8-17(21)10-16(13)12-19(20(22)23)24-18-9-7-14-4-2-3-5-15(14)11-18/h2-11,19H,12H2,1H3,(H,22,23)/t19-/m0/s1. The molecule has 0 bridgehead atoms. The number of hydrogen-bond acceptors (Lipinski definition) is 2. The van der Waals surface area contributed by atoms with Gasteiger partial charge < -0.3 is 9.84 Å². The highest BCUT2D eigenvalue weighted by molar-refractivity contribution is 6.30. The van der Waals surface area contributed by atoms with Crippen LogP contribution in [0.5, 0.6) is 5.75 Å². The van der Waals surface area contributed by atoms with Crippen LogP contribution in [0.25, 0.3) is 10.8 Å². The van der Waals surface area contributed by atoms with E-state index in [1.807, 2.05) is 49.4 Å². The summed E-state index contributed by atoms with van der Waals surface area (Å²) >= 11 is 6.02. The summed E-state index contributed by atoms with van der Waals surface area (Å²) in [6.07, 6.45) is -0.711. The summed E-state index contributed by atoms with van der Waals surface area (Å²) in [5.74, 6) is -0.455. The van der Waals surface area contributed by atoms with Gasteiger partial charge in [-0.2, -0.15) is 0 Å². The fraction of sp³-hybridized carbons (Fsp3) is 0.150. The van der Waals surface area contributed by atoms with Crippen molar-refractivity contribution in [3.05, 3.63) is 76.8 Å². The van der Waals surface area contributed by atoms with Crippen LogP contribution in [-0.2, 0) is 11.2 Å². The minimum atomic E-state index is -0.998. The van der Waals surface area contributed by atoms with E-state index in [1.165, 1.54) is 0 Å². The molecule has 0 radical (unpaired) electrons. The summed E-state index contributed by atoms with van der Waals surface area (Å²) in [4.78, 5) is 11.6. The number of carbonyl (C=O) groups is 1. The molecule has 1 atom stereocenters. The molecule has 24 heavy (non-hydrogen) atoms. The largest absolute Gasteiger partial charge is 0.478 e. The van der Waals surface area contributed by atoms with Gasteiger partial charge in [0, 0.05) is 11.4 Å². The van der Waals surface area contributed by atoms with E-state index >= 15 is 0 Å². The normalized spacial score (nSPS) is 12.1. The van der Waals surface area contributed by atoms with E-state index in [-0.39, 0.29) is 6.42 Å². The molecule has 3 aromatic carbocycles. The van der Waals surface area contributed by atoms with Crippen molar-refractivity contribution in [1.29, 1.82) is 0 Å². The minimum absolute atomic E-state index is 0.258. The summed E-state index contributed by atoms with van der Waals surface area (Å²) < 4.78 is 5.74. The molecule has 3 nitrogen and oxygen atoms in total. The summed E-state index contributed by atoms with van der Waals surface area (Å²) in [6, 6.07) is 18.9. The molecule has 122 valence electrons. The van der Waals surface area contributed by atoms with Crippen molar-refractivity contribution in [1.82, 2.24) is 0 Å². The van der Waals surface area contributed by atoms with Crippen LogP contribution in [0, 0.1) is 6.92 Å². The highest BCUT2D eigenvalue weighted by atomic mass is 35.5. The summed E-state index contributed by atoms with van der Waals surface area (Å²) in [5, 5.41) is 12.2. The number of fused-ring (bicyclic) bond motifs is 1. The van der Waals surface area contributed by atoms with Gasteiger partial charge in [-0.25, -0.2) is 4.79 Å². The number of carboxylic acids is 1. The fourth-order valence-corrected chi connectivity index (χ4v) is 2.84. The second-order valence-electron chi connectivity index (χ2n) is 5.73. The predicted octanol–water partition coefficient (Wildman–Crippen LogP) is 4.88. The maximum atomic E-state index is 11.6. The van der Waals surface area contributed by atoms with Crippen molar-refractivity contribution >= 4 is 28.3 Å². The molecule has 0 aliphatic rings. The van der Waals surface area contributed by atoms with E-state index in [0.29, 0.717) is 10.8 Å². The lowest BCUT2D eigenvalue weighted by atomic mass is 10.0. The van der Waals surface area contributed by atoms with Gasteiger partial charge in [-0.3, -0.25) is 0 Å². The Morgan fingerprint density at radius 3 is 2.58 bits per heavy atom. The molecule has 1 N–H and O–H groups in total. The Kier molecular flexibility index (Phi) is 4.72. The Labute approximate surface area is 145 Å². The van der Waals surface area contributed by atoms with Crippen LogP contribution in [0.15, 0.2) is 60.7 Å². The lowest BCUT2D eigenvalue weighted by Gasteiger charge is -2.17. The fourth-order valence-electron chi connectivity index (χ4n) is 2.64. The molecule has 0 saturated heterocycles. The SMILES string of the molecule is Cc1ccc(Cl)cc1C[C@H](Oc1ccc2ccccc2c1)C(=O)O. The molecular formula is C20H17ClO3. The van der Waals surface area contributed by atoms with E-state index in [1.54, 1.807) is 18.2 Å². The molecule has 3 aromatic rings. The average Bonchev–Trinajstić information content (AvgIpc) is 2.57. The van der Waals surface area contributed by atoms with Gasteiger partial charge in [0.2, 0.25) is 0 Å². The van der Waals surface area contributed by atoms with Crippen molar-refractivity contribution < 1.29 is 14.6 Å². The maximum Gasteiger partial charge on any atom is 0.345 e. The van der Waals surface area contributed by atoms with Crippen molar-refractivity contribution in [3.63, 3.8) is 0 Å². The topological polar surface area (TPSA) is 46.5 Å². The lowest BCUT2D eigenvalue weighted by molar-refractivity contribution is -0.145. The third-order valence-electron chi connectivity index (χ3n) is 3.99. The number of carboxylic acid groups (broad SMARTS) is 1. The number of aliphatic carboxylic acids is 1. The Morgan fingerprint density at radius 2 is 1.83 bits per heavy atom. The Hall–Kier alpha value is -2.52. The number of benzene rings is 3. The molecule has 4 heteroatoms. The maximum absolute atomic E-state index is 11.6. The van der Waals surface area contributed by atoms with E-state index < -0.39 is 12.1 Å². The number of ether oxygens (including phenoxy) is 1. The molecular weight excluding hydrogens is 324 g/mol. The number of halogens is 1. The first kappa shape index (κ1) is 16.3. The van der Waals surface area contributed by atoms with Crippen LogP contribution < -0.4 is 4.74 Å². The van der Waals surface area contributed by atoms with Gasteiger partial charge in [0.25, 0.3) is 0 Å². The van der Waals surface area contributed by atoms with Crippen LogP contribution in [0.2, 0.25) is 5.02 Å². The molecule has 3 rings (SSSR count). The number of rotatable bonds is 5. The highest BCUT2D eigenvalue weighted by Crippen LogP contribution is 2.23. The molecule has 0 heterocycles. The van der Waals surface area contributed by atoms with E-state index in [0.717, 1.165) is 21.9 Å². The van der Waals surface area contributed by atoms with Crippen molar-refractivity contribution in [2.45, 2.75) is 19.4 Å². The van der Waals surface area contributed by atoms with Crippen LogP contribution in [-0.4, -0.2) is 17.2 Å². The van der Waals surface area contributed by atoms with Gasteiger partial charge in [-0.05, 0) is 53.1 Å². The second-order valence-corrected chi connectivity index (χ2v) is 6.17. The third kappa shape index (κ3) is 3.69. The minimum Gasteiger partial charge on any atom is -0.478 e. The Morgan fingerprint density at radius 1 is 1.08 bits per heavy atom. The van der Waals surface area contributed by atoms with E-state index in [4.69, 9.17) is 16.3 Å². The van der Waals surface area contributed by atoms with Crippen LogP contribution in [0.3, 0.4) is 0 Å². The summed E-state index contributed by atoms with van der Waals surface area (Å²) in [6.45, 7) is 1.93. The zero-order chi connectivity index (χ0) is 17.1. The van der Waals surface area contributed by atoms with Crippen molar-refractivity contribution in [2.24, 2.45) is 0 Å². The van der Waals surface area contributed by atoms with Crippen molar-refractivity contribution in [3.8, 4) is 5.75 Å². The van der Waals surface area contributed by atoms with Gasteiger partial charge in [-0.1, -0.05) is 48.0 Å². The molecule has 0 unspecified atom stereocenters. The van der Waals surface area contributed by atoms with E-state index in [2.05, 4.69) is 0 Å². The lowest BCUT2D eigenvalue weighted by Crippen LogP contribution is -2.29. The van der Waals surface area contributed by atoms with Gasteiger partial charge >= 0.3 is 5.97 Å². The molecule has 0 aliphatic carbocycles. The quantitative estimate of drug-likeness (QED) is 0.720. The molecule has 0 amide bonds. The Balaban J connectivity index is 1.85. The van der Waals surface area contributed by atoms with Crippen LogP contribution in [0.4, 0.5) is 0 Å². The zero-order valence-corrected chi connectivity index (χ0v) is 14.0. The number of hydrogen-bond donors (Lipinski definition) is 1.